The number of hydrogen-bond acceptors (Lipinski definition) is 6. The van der Waals surface area contributed by atoms with E-state index in [1.54, 1.807) is 26.4 Å². The van der Waals surface area contributed by atoms with Crippen molar-refractivity contribution in [2.24, 2.45) is 56.7 Å². The number of nitrogens with zero attached hydrogens (tertiary/aromatic N) is 1. The third-order valence-electron chi connectivity index (χ3n) is 18.5. The van der Waals surface area contributed by atoms with Gasteiger partial charge in [-0.25, -0.2) is 4.39 Å². The third kappa shape index (κ3) is 5.91. The molecule has 0 aliphatic heterocycles. The summed E-state index contributed by atoms with van der Waals surface area (Å²) < 4.78 is 26.4. The van der Waals surface area contributed by atoms with E-state index in [0.29, 0.717) is 61.1 Å². The van der Waals surface area contributed by atoms with E-state index in [1.165, 1.54) is 18.9 Å². The molecule has 6 saturated carbocycles. The SMILES string of the molecule is COc1ccc(CC(=O)N(C[C@@H]2CC[C@H]3C[C@@H]2C3(C)C)C[C@]2(O)CC[C@H]3[C@]45C=C[C@@]6(C=C4C(=O)Cc4c(F)cccc4Cl)CC(O)CC[C@]6(C)[C@H]5CC[C@@]32C)cc1OC. The summed E-state index contributed by atoms with van der Waals surface area (Å²) in [4.78, 5) is 31.7. The number of methoxy groups -OCH3 is 2. The fourth-order valence-corrected chi connectivity index (χ4v) is 15.2. The highest BCUT2D eigenvalue weighted by molar-refractivity contribution is 6.31. The van der Waals surface area contributed by atoms with E-state index in [1.807, 2.05) is 23.1 Å². The van der Waals surface area contributed by atoms with Crippen LogP contribution in [0.3, 0.4) is 0 Å². The van der Waals surface area contributed by atoms with Crippen LogP contribution in [0.25, 0.3) is 0 Å². The molecule has 2 N–H and O–H groups in total. The number of hydrogen-bond donors (Lipinski definition) is 2. The maximum absolute atomic E-state index is 15.3. The van der Waals surface area contributed by atoms with Crippen LogP contribution in [0.15, 0.2) is 60.2 Å². The lowest BCUT2D eigenvalue weighted by Gasteiger charge is -2.71. The van der Waals surface area contributed by atoms with E-state index in [0.717, 1.165) is 37.2 Å². The Hall–Kier alpha value is -3.20. The first kappa shape index (κ1) is 41.2. The molecule has 0 aromatic heterocycles. The van der Waals surface area contributed by atoms with E-state index < -0.39 is 33.8 Å². The Morgan fingerprint density at radius 2 is 1.63 bits per heavy atom. The van der Waals surface area contributed by atoms with Gasteiger partial charge in [0.15, 0.2) is 17.3 Å². The molecule has 4 bridgehead atoms. The average molecular weight is 829 g/mol. The lowest BCUT2D eigenvalue weighted by Crippen LogP contribution is -2.67. The number of ether oxygens (including phenoxy) is 2. The Bertz CT molecular complexity index is 2090. The average Bonchev–Trinajstić information content (AvgIpc) is 3.48. The number of fused-ring (bicyclic) bond motifs is 3. The van der Waals surface area contributed by atoms with Crippen LogP contribution < -0.4 is 9.47 Å². The summed E-state index contributed by atoms with van der Waals surface area (Å²) >= 11 is 6.54. The van der Waals surface area contributed by atoms with Crippen molar-refractivity contribution < 1.29 is 33.7 Å². The Labute approximate surface area is 354 Å². The minimum atomic E-state index is -1.20. The van der Waals surface area contributed by atoms with Crippen molar-refractivity contribution in [3.8, 4) is 11.5 Å². The van der Waals surface area contributed by atoms with Crippen molar-refractivity contribution in [1.82, 2.24) is 4.90 Å². The summed E-state index contributed by atoms with van der Waals surface area (Å²) in [5.74, 6) is 2.20. The molecule has 9 aliphatic rings. The van der Waals surface area contributed by atoms with Gasteiger partial charge in [0, 0.05) is 51.9 Å². The molecule has 11 rings (SSSR count). The Balaban J connectivity index is 1.08. The Morgan fingerprint density at radius 3 is 2.34 bits per heavy atom. The molecule has 0 heterocycles. The lowest BCUT2D eigenvalue weighted by molar-refractivity contribution is -0.182. The van der Waals surface area contributed by atoms with Crippen LogP contribution >= 0.6 is 11.6 Å². The number of rotatable bonds is 11. The topological polar surface area (TPSA) is 96.3 Å². The first-order valence-corrected chi connectivity index (χ1v) is 22.6. The van der Waals surface area contributed by atoms with E-state index in [9.17, 15) is 19.8 Å². The van der Waals surface area contributed by atoms with Gasteiger partial charge in [-0.1, -0.05) is 69.7 Å². The normalized spacial score (nSPS) is 39.6. The zero-order chi connectivity index (χ0) is 41.9. The smallest absolute Gasteiger partial charge is 0.227 e. The van der Waals surface area contributed by atoms with Crippen LogP contribution in [0.5, 0.6) is 11.5 Å². The van der Waals surface area contributed by atoms with Crippen LogP contribution in [0, 0.1) is 62.5 Å². The van der Waals surface area contributed by atoms with Crippen LogP contribution in [0.4, 0.5) is 4.39 Å². The molecule has 0 radical (unpaired) electrons. The maximum Gasteiger partial charge on any atom is 0.227 e. The molecule has 59 heavy (non-hydrogen) atoms. The first-order valence-electron chi connectivity index (χ1n) is 22.2. The molecule has 1 unspecified atom stereocenters. The summed E-state index contributed by atoms with van der Waals surface area (Å²) in [6.07, 6.45) is 14.6. The van der Waals surface area contributed by atoms with Gasteiger partial charge in [0.1, 0.15) is 5.82 Å². The minimum absolute atomic E-state index is 0.00499. The number of carbonyl (C=O) groups is 2. The Morgan fingerprint density at radius 1 is 0.898 bits per heavy atom. The van der Waals surface area contributed by atoms with Gasteiger partial charge in [0.2, 0.25) is 5.91 Å². The zero-order valence-electron chi connectivity index (χ0n) is 35.8. The second-order valence-electron chi connectivity index (χ2n) is 20.9. The van der Waals surface area contributed by atoms with E-state index >= 15 is 4.39 Å². The number of Topliss-reactive ketones (excluding diaryl/α,β-unsaturated/α-hetero) is 1. The van der Waals surface area contributed by atoms with Gasteiger partial charge in [-0.2, -0.15) is 0 Å². The number of allylic oxidation sites excluding steroid dienone is 4. The standard InChI is InChI=1S/C50H63ClFNO6/c1-45(2)32-12-11-31(35(45)24-32)28-53(44(56)23-30-10-13-40(58-5)41(22-30)59-6)29-49(57)19-16-43-47(49,4)18-15-42-46(3)17-14-33(54)26-48(46)20-21-50(42,43)36(27-48)39(55)25-34-37(51)8-7-9-38(34)52/h7-10,13,20-22,27,31-33,35,42-43,54,57H,11-12,14-19,23-26,28-29H2,1-6H3/t31-,32-,33?,35-,42+,43+,46+,47-,48-,49+,50+/m0/s1. The number of halogens is 2. The highest BCUT2D eigenvalue weighted by atomic mass is 35.5. The summed E-state index contributed by atoms with van der Waals surface area (Å²) in [5, 5.41) is 24.8. The second-order valence-corrected chi connectivity index (χ2v) is 21.4. The molecule has 7 nitrogen and oxygen atoms in total. The summed E-state index contributed by atoms with van der Waals surface area (Å²) in [6.45, 7) is 10.2. The fourth-order valence-electron chi connectivity index (χ4n) is 14.9. The van der Waals surface area contributed by atoms with Gasteiger partial charge in [0.05, 0.1) is 32.3 Å². The predicted octanol–water partition coefficient (Wildman–Crippen LogP) is 9.34. The van der Waals surface area contributed by atoms with Crippen molar-refractivity contribution in [3.63, 3.8) is 0 Å². The van der Waals surface area contributed by atoms with Gasteiger partial charge in [-0.15, -0.1) is 0 Å². The highest BCUT2D eigenvalue weighted by Gasteiger charge is 2.74. The zero-order valence-corrected chi connectivity index (χ0v) is 36.5. The van der Waals surface area contributed by atoms with Gasteiger partial charge in [-0.05, 0) is 134 Å². The molecular weight excluding hydrogens is 765 g/mol. The Kier molecular flexibility index (Phi) is 9.89. The summed E-state index contributed by atoms with van der Waals surface area (Å²) in [5.41, 5.74) is -1.23. The predicted molar refractivity (Wildman–Crippen MR) is 227 cm³/mol. The lowest BCUT2D eigenvalue weighted by atomic mass is 9.32. The van der Waals surface area contributed by atoms with Crippen molar-refractivity contribution in [1.29, 1.82) is 0 Å². The van der Waals surface area contributed by atoms with Crippen LogP contribution in [0.2, 0.25) is 5.02 Å². The molecule has 9 heteroatoms. The monoisotopic (exact) mass is 827 g/mol. The van der Waals surface area contributed by atoms with Gasteiger partial charge in [-0.3, -0.25) is 9.59 Å². The van der Waals surface area contributed by atoms with Crippen molar-refractivity contribution in [2.75, 3.05) is 27.3 Å². The highest BCUT2D eigenvalue weighted by Crippen LogP contribution is 2.78. The number of aliphatic hydroxyl groups excluding tert-OH is 1. The van der Waals surface area contributed by atoms with E-state index in [2.05, 4.69) is 45.9 Å². The molecule has 1 amide bonds. The van der Waals surface area contributed by atoms with Gasteiger partial charge >= 0.3 is 0 Å². The molecule has 2 aromatic rings. The molecule has 11 atom stereocenters. The van der Waals surface area contributed by atoms with Crippen molar-refractivity contribution in [3.05, 3.63) is 82.2 Å². The number of aliphatic hydroxyl groups is 2. The molecule has 318 valence electrons. The molecule has 0 saturated heterocycles. The van der Waals surface area contributed by atoms with Crippen LogP contribution in [0.1, 0.15) is 103 Å². The second kappa shape index (κ2) is 14.2. The molecule has 2 aromatic carbocycles. The molecule has 6 fully saturated rings. The molecule has 9 aliphatic carbocycles. The van der Waals surface area contributed by atoms with Crippen LogP contribution in [-0.2, 0) is 22.4 Å². The number of benzene rings is 2. The first-order chi connectivity index (χ1) is 27.9. The molecular formula is C50H63ClFNO6. The number of ketones is 1. The third-order valence-corrected chi connectivity index (χ3v) is 18.8. The maximum atomic E-state index is 15.3. The van der Waals surface area contributed by atoms with Crippen LogP contribution in [-0.4, -0.2) is 65.8 Å². The van der Waals surface area contributed by atoms with E-state index in [-0.39, 0.29) is 64.3 Å². The quantitative estimate of drug-likeness (QED) is 0.219. The van der Waals surface area contributed by atoms with E-state index in [4.69, 9.17) is 21.1 Å². The van der Waals surface area contributed by atoms with Gasteiger partial charge in [0.25, 0.3) is 0 Å². The van der Waals surface area contributed by atoms with Gasteiger partial charge < -0.3 is 24.6 Å². The summed E-state index contributed by atoms with van der Waals surface area (Å²) in [6, 6.07) is 10.2. The largest absolute Gasteiger partial charge is 0.493 e. The van der Waals surface area contributed by atoms with Crippen molar-refractivity contribution >= 4 is 23.3 Å². The number of amides is 1. The fraction of sp³-hybridized carbons (Fsp3) is 0.640. The number of carbonyl (C=O) groups excluding carboxylic acids is 2. The van der Waals surface area contributed by atoms with Crippen molar-refractivity contribution in [2.45, 2.75) is 116 Å². The summed E-state index contributed by atoms with van der Waals surface area (Å²) in [7, 11) is 3.20. The minimum Gasteiger partial charge on any atom is -0.493 e. The molecule has 2 spiro atoms.